The summed E-state index contributed by atoms with van der Waals surface area (Å²) in [5, 5.41) is 0. The van der Waals surface area contributed by atoms with Gasteiger partial charge in [0.25, 0.3) is 0 Å². The summed E-state index contributed by atoms with van der Waals surface area (Å²) in [5.74, 6) is -21.1. The molecule has 1 N–H and O–H groups in total. The second-order valence-electron chi connectivity index (χ2n) is 6.04. The molecular formula is C17H12F9O4P. The normalized spacial score (nSPS) is 16.5. The largest absolute Gasteiger partial charge is 0.528 e. The lowest BCUT2D eigenvalue weighted by Gasteiger charge is -2.37. The average molecular weight is 482 g/mol. The summed E-state index contributed by atoms with van der Waals surface area (Å²) in [7, 11) is -5.73. The SMILES string of the molecule is O=P(O)(Oc1ccccc1)OC(c1ccccc1)C(F)(F)C(F)(F)C(F)(F)C(F)(F)F. The van der Waals surface area contributed by atoms with Crippen LogP contribution in [0, 0.1) is 0 Å². The third-order valence-corrected chi connectivity index (χ3v) is 4.72. The summed E-state index contributed by atoms with van der Waals surface area (Å²) in [6, 6.07) is 10.2. The lowest BCUT2D eigenvalue weighted by Crippen LogP contribution is -2.62. The van der Waals surface area contributed by atoms with E-state index in [1.54, 1.807) is 0 Å². The Kier molecular flexibility index (Phi) is 6.75. The molecule has 2 rings (SSSR count). The fraction of sp³-hybridized carbons (Fsp3) is 0.294. The van der Waals surface area contributed by atoms with Crippen molar-refractivity contribution in [2.75, 3.05) is 0 Å². The molecule has 2 aromatic rings. The molecule has 0 aliphatic rings. The fourth-order valence-corrected chi connectivity index (χ4v) is 3.24. The van der Waals surface area contributed by atoms with Crippen molar-refractivity contribution in [3.63, 3.8) is 0 Å². The summed E-state index contributed by atoms with van der Waals surface area (Å²) in [5.41, 5.74) is -1.09. The molecule has 0 saturated heterocycles. The third kappa shape index (κ3) is 4.99. The topological polar surface area (TPSA) is 55.8 Å². The number of alkyl halides is 9. The molecular weight excluding hydrogens is 470 g/mol. The highest BCUT2D eigenvalue weighted by atomic mass is 31.2. The average Bonchev–Trinajstić information content (AvgIpc) is 2.66. The van der Waals surface area contributed by atoms with Gasteiger partial charge in [-0.05, 0) is 17.7 Å². The van der Waals surface area contributed by atoms with Crippen LogP contribution in [0.3, 0.4) is 0 Å². The van der Waals surface area contributed by atoms with E-state index < -0.39 is 49.2 Å². The van der Waals surface area contributed by atoms with Crippen LogP contribution in [-0.2, 0) is 9.09 Å². The van der Waals surface area contributed by atoms with E-state index in [2.05, 4.69) is 9.05 Å². The van der Waals surface area contributed by atoms with Crippen molar-refractivity contribution in [3.05, 3.63) is 66.2 Å². The van der Waals surface area contributed by atoms with E-state index in [0.29, 0.717) is 12.1 Å². The van der Waals surface area contributed by atoms with Gasteiger partial charge in [0.15, 0.2) is 6.10 Å². The number of phosphoric acid groups is 1. The van der Waals surface area contributed by atoms with Gasteiger partial charge in [-0.2, -0.15) is 39.5 Å². The number of hydrogen-bond acceptors (Lipinski definition) is 3. The van der Waals surface area contributed by atoms with Crippen LogP contribution >= 0.6 is 7.82 Å². The van der Waals surface area contributed by atoms with Crippen LogP contribution in [0.4, 0.5) is 39.5 Å². The van der Waals surface area contributed by atoms with Gasteiger partial charge in [0, 0.05) is 0 Å². The van der Waals surface area contributed by atoms with Crippen molar-refractivity contribution in [1.82, 2.24) is 0 Å². The van der Waals surface area contributed by atoms with Crippen molar-refractivity contribution < 1.29 is 58.0 Å². The molecule has 31 heavy (non-hydrogen) atoms. The lowest BCUT2D eigenvalue weighted by molar-refractivity contribution is -0.405. The van der Waals surface area contributed by atoms with Gasteiger partial charge in [-0.3, -0.25) is 9.42 Å². The second kappa shape index (κ2) is 8.36. The maximum absolute atomic E-state index is 14.5. The Morgan fingerprint density at radius 1 is 0.742 bits per heavy atom. The van der Waals surface area contributed by atoms with Crippen molar-refractivity contribution in [3.8, 4) is 5.75 Å². The Labute approximate surface area is 168 Å². The standard InChI is InChI=1S/C17H12F9O4P/c18-14(19,15(20,21)16(22,23)17(24,25)26)13(11-7-3-1-4-8-11)30-31(27,28)29-12-9-5-2-6-10-12/h1-10,13H,(H,27,28). The quantitative estimate of drug-likeness (QED) is 0.350. The minimum atomic E-state index is -7.21. The van der Waals surface area contributed by atoms with E-state index in [0.717, 1.165) is 24.3 Å². The highest BCUT2D eigenvalue weighted by molar-refractivity contribution is 7.47. The van der Waals surface area contributed by atoms with Gasteiger partial charge in [0.05, 0.1) is 0 Å². The van der Waals surface area contributed by atoms with Crippen molar-refractivity contribution in [2.45, 2.75) is 30.0 Å². The van der Waals surface area contributed by atoms with Crippen molar-refractivity contribution >= 4 is 7.82 Å². The molecule has 14 heteroatoms. The van der Waals surface area contributed by atoms with E-state index in [1.807, 2.05) is 0 Å². The molecule has 0 fully saturated rings. The van der Waals surface area contributed by atoms with Crippen molar-refractivity contribution in [2.24, 2.45) is 0 Å². The summed E-state index contributed by atoms with van der Waals surface area (Å²) in [6.07, 6.45) is -10.8. The van der Waals surface area contributed by atoms with E-state index in [9.17, 15) is 49.0 Å². The molecule has 2 aromatic carbocycles. The summed E-state index contributed by atoms with van der Waals surface area (Å²) in [6.45, 7) is 0. The summed E-state index contributed by atoms with van der Waals surface area (Å²) >= 11 is 0. The highest BCUT2D eigenvalue weighted by Crippen LogP contribution is 2.60. The molecule has 0 spiro atoms. The molecule has 172 valence electrons. The van der Waals surface area contributed by atoms with Crippen LogP contribution in [-0.4, -0.2) is 28.8 Å². The zero-order valence-corrected chi connectivity index (χ0v) is 15.8. The number of benzene rings is 2. The van der Waals surface area contributed by atoms with E-state index in [1.165, 1.54) is 24.3 Å². The molecule has 0 radical (unpaired) electrons. The zero-order chi connectivity index (χ0) is 23.7. The van der Waals surface area contributed by atoms with Gasteiger partial charge < -0.3 is 4.52 Å². The predicted octanol–water partition coefficient (Wildman–Crippen LogP) is 6.39. The Bertz CT molecular complexity index is 920. The first-order valence-electron chi connectivity index (χ1n) is 8.04. The van der Waals surface area contributed by atoms with Gasteiger partial charge in [0.1, 0.15) is 5.75 Å². The van der Waals surface area contributed by atoms with Crippen LogP contribution in [0.2, 0.25) is 0 Å². The molecule has 0 aliphatic carbocycles. The van der Waals surface area contributed by atoms with Crippen molar-refractivity contribution in [1.29, 1.82) is 0 Å². The molecule has 0 aliphatic heterocycles. The maximum Gasteiger partial charge on any atom is 0.528 e. The van der Waals surface area contributed by atoms with Crippen LogP contribution < -0.4 is 4.52 Å². The molecule has 2 unspecified atom stereocenters. The molecule has 4 nitrogen and oxygen atoms in total. The van der Waals surface area contributed by atoms with Gasteiger partial charge in [-0.15, -0.1) is 0 Å². The monoisotopic (exact) mass is 482 g/mol. The Morgan fingerprint density at radius 2 is 1.19 bits per heavy atom. The van der Waals surface area contributed by atoms with Crippen LogP contribution in [0.1, 0.15) is 11.7 Å². The Morgan fingerprint density at radius 3 is 1.65 bits per heavy atom. The number of phosphoric ester groups is 1. The van der Waals surface area contributed by atoms with Gasteiger partial charge in [0.2, 0.25) is 0 Å². The smallest absolute Gasteiger partial charge is 0.404 e. The predicted molar refractivity (Wildman–Crippen MR) is 88.1 cm³/mol. The van der Waals surface area contributed by atoms with Crippen LogP contribution in [0.25, 0.3) is 0 Å². The van der Waals surface area contributed by atoms with Gasteiger partial charge in [-0.25, -0.2) is 4.57 Å². The van der Waals surface area contributed by atoms with E-state index in [-0.39, 0.29) is 0 Å². The molecule has 0 heterocycles. The number of rotatable bonds is 8. The molecule has 0 bridgehead atoms. The second-order valence-corrected chi connectivity index (χ2v) is 7.37. The minimum Gasteiger partial charge on any atom is -0.404 e. The zero-order valence-electron chi connectivity index (χ0n) is 14.9. The maximum atomic E-state index is 14.5. The first kappa shape index (κ1) is 25.0. The molecule has 0 amide bonds. The third-order valence-electron chi connectivity index (χ3n) is 3.80. The van der Waals surface area contributed by atoms with Crippen LogP contribution in [0.15, 0.2) is 60.7 Å². The van der Waals surface area contributed by atoms with Crippen LogP contribution in [0.5, 0.6) is 5.75 Å². The lowest BCUT2D eigenvalue weighted by atomic mass is 9.94. The minimum absolute atomic E-state index is 0.462. The summed E-state index contributed by atoms with van der Waals surface area (Å²) in [4.78, 5) is 9.71. The Hall–Kier alpha value is -2.24. The first-order chi connectivity index (χ1) is 14.0. The van der Waals surface area contributed by atoms with E-state index in [4.69, 9.17) is 0 Å². The molecule has 0 aromatic heterocycles. The summed E-state index contributed by atoms with van der Waals surface area (Å²) < 4.78 is 141. The van der Waals surface area contributed by atoms with E-state index >= 15 is 0 Å². The molecule has 0 saturated carbocycles. The van der Waals surface area contributed by atoms with Gasteiger partial charge >= 0.3 is 31.8 Å². The number of halogens is 9. The number of para-hydroxylation sites is 1. The fourth-order valence-electron chi connectivity index (χ4n) is 2.29. The highest BCUT2D eigenvalue weighted by Gasteiger charge is 2.83. The van der Waals surface area contributed by atoms with Gasteiger partial charge in [-0.1, -0.05) is 48.5 Å². The Balaban J connectivity index is 2.52. The number of hydrogen-bond donors (Lipinski definition) is 1. The molecule has 2 atom stereocenters. The first-order valence-corrected chi connectivity index (χ1v) is 9.53.